The van der Waals surface area contributed by atoms with Crippen LogP contribution < -0.4 is 11.1 Å². The summed E-state index contributed by atoms with van der Waals surface area (Å²) in [4.78, 5) is 33.1. The Bertz CT molecular complexity index is 241. The molecular formula is C7H13N3O3. The molecule has 0 saturated heterocycles. The van der Waals surface area contributed by atoms with Gasteiger partial charge in [-0.15, -0.1) is 0 Å². The van der Waals surface area contributed by atoms with Crippen molar-refractivity contribution in [1.29, 1.82) is 0 Å². The van der Waals surface area contributed by atoms with E-state index in [1.54, 1.807) is 0 Å². The van der Waals surface area contributed by atoms with E-state index in [-0.39, 0.29) is 0 Å². The number of hydrogen-bond donors (Lipinski definition) is 2. The highest BCUT2D eigenvalue weighted by Crippen LogP contribution is 2.05. The molecule has 0 saturated carbocycles. The number of carbonyl (C=O) groups is 3. The lowest BCUT2D eigenvalue weighted by molar-refractivity contribution is -0.142. The molecule has 0 radical (unpaired) electrons. The number of likely N-dealkylation sites (N-methyl/N-ethyl adjacent to an activating group) is 1. The van der Waals surface area contributed by atoms with Crippen LogP contribution in [0.3, 0.4) is 0 Å². The van der Waals surface area contributed by atoms with E-state index in [0.29, 0.717) is 6.41 Å². The van der Waals surface area contributed by atoms with Crippen LogP contribution in [0.25, 0.3) is 0 Å². The van der Waals surface area contributed by atoms with Gasteiger partial charge in [0.25, 0.3) is 5.91 Å². The van der Waals surface area contributed by atoms with Crippen molar-refractivity contribution >= 4 is 18.2 Å². The number of hydrogen-bond acceptors (Lipinski definition) is 3. The van der Waals surface area contributed by atoms with Gasteiger partial charge in [-0.1, -0.05) is 0 Å². The second kappa shape index (κ2) is 3.88. The molecule has 0 aliphatic rings. The summed E-state index contributed by atoms with van der Waals surface area (Å²) in [6.45, 7) is 2.59. The molecule has 0 spiro atoms. The number of amides is 3. The van der Waals surface area contributed by atoms with Gasteiger partial charge in [0.1, 0.15) is 0 Å². The van der Waals surface area contributed by atoms with Gasteiger partial charge in [-0.05, 0) is 6.92 Å². The lowest BCUT2D eigenvalue weighted by atomic mass is 10.1. The minimum absolute atomic E-state index is 0.417. The highest BCUT2D eigenvalue weighted by atomic mass is 16.2. The third kappa shape index (κ3) is 2.43. The smallest absolute Gasteiger partial charge is 0.263 e. The number of nitrogens with zero attached hydrogens (tertiary/aromatic N) is 1. The normalized spacial score (nSPS) is 14.1. The summed E-state index contributed by atoms with van der Waals surface area (Å²) in [5.74, 6) is -1.23. The number of nitrogens with two attached hydrogens (primary N) is 1. The summed E-state index contributed by atoms with van der Waals surface area (Å²) >= 11 is 0. The maximum atomic E-state index is 11.0. The molecule has 0 aromatic carbocycles. The molecule has 0 aromatic rings. The first-order valence-electron chi connectivity index (χ1n) is 3.61. The van der Waals surface area contributed by atoms with Crippen molar-refractivity contribution in [2.75, 3.05) is 7.05 Å². The Hall–Kier alpha value is -1.59. The van der Waals surface area contributed by atoms with Crippen LogP contribution >= 0.6 is 0 Å². The molecule has 3 amide bonds. The Kier molecular flexibility index (Phi) is 3.41. The highest BCUT2D eigenvalue weighted by Gasteiger charge is 2.35. The monoisotopic (exact) mass is 187 g/mol. The molecule has 1 unspecified atom stereocenters. The van der Waals surface area contributed by atoms with E-state index in [0.717, 1.165) is 4.90 Å². The fraction of sp³-hybridized carbons (Fsp3) is 0.571. The molecule has 0 bridgehead atoms. The molecule has 1 atom stereocenters. The van der Waals surface area contributed by atoms with Gasteiger partial charge in [0.2, 0.25) is 12.3 Å². The predicted octanol–water partition coefficient (Wildman–Crippen LogP) is -1.59. The average Bonchev–Trinajstić information content (AvgIpc) is 2.01. The van der Waals surface area contributed by atoms with Crippen molar-refractivity contribution in [3.8, 4) is 0 Å². The van der Waals surface area contributed by atoms with Crippen LogP contribution in [-0.4, -0.2) is 35.8 Å². The lowest BCUT2D eigenvalue weighted by Crippen LogP contribution is -2.64. The standard InChI is InChI=1S/C7H13N3O3/c1-5(12)9-7(2,6(8)13)10(3)4-11/h4H,1-3H3,(H2,8,13)(H,9,12). The maximum absolute atomic E-state index is 11.0. The SMILES string of the molecule is CC(=O)NC(C)(C(N)=O)N(C)C=O. The molecule has 0 rings (SSSR count). The summed E-state index contributed by atoms with van der Waals surface area (Å²) in [7, 11) is 1.35. The van der Waals surface area contributed by atoms with Gasteiger partial charge in [-0.2, -0.15) is 0 Å². The Morgan fingerprint density at radius 2 is 2.00 bits per heavy atom. The predicted molar refractivity (Wildman–Crippen MR) is 45.2 cm³/mol. The molecule has 0 heterocycles. The van der Waals surface area contributed by atoms with Crippen LogP contribution in [0.2, 0.25) is 0 Å². The summed E-state index contributed by atoms with van der Waals surface area (Å²) in [6.07, 6.45) is 0.417. The van der Waals surface area contributed by atoms with Gasteiger partial charge >= 0.3 is 0 Å². The van der Waals surface area contributed by atoms with Crippen LogP contribution in [0.1, 0.15) is 13.8 Å². The molecule has 3 N–H and O–H groups in total. The Balaban J connectivity index is 4.82. The zero-order chi connectivity index (χ0) is 10.6. The molecule has 13 heavy (non-hydrogen) atoms. The molecule has 0 aromatic heterocycles. The zero-order valence-corrected chi connectivity index (χ0v) is 7.83. The van der Waals surface area contributed by atoms with Crippen molar-refractivity contribution in [3.05, 3.63) is 0 Å². The Labute approximate surface area is 76.1 Å². The second-order valence-corrected chi connectivity index (χ2v) is 2.83. The van der Waals surface area contributed by atoms with E-state index in [9.17, 15) is 14.4 Å². The quantitative estimate of drug-likeness (QED) is 0.410. The van der Waals surface area contributed by atoms with Crippen molar-refractivity contribution in [2.24, 2.45) is 5.73 Å². The summed E-state index contributed by atoms with van der Waals surface area (Å²) in [5, 5.41) is 2.29. The summed E-state index contributed by atoms with van der Waals surface area (Å²) in [5.41, 5.74) is 3.58. The van der Waals surface area contributed by atoms with Crippen molar-refractivity contribution in [2.45, 2.75) is 19.5 Å². The second-order valence-electron chi connectivity index (χ2n) is 2.83. The van der Waals surface area contributed by atoms with E-state index in [4.69, 9.17) is 5.73 Å². The van der Waals surface area contributed by atoms with Gasteiger partial charge < -0.3 is 16.0 Å². The first-order valence-corrected chi connectivity index (χ1v) is 3.61. The third-order valence-corrected chi connectivity index (χ3v) is 1.76. The number of carbonyl (C=O) groups excluding carboxylic acids is 3. The minimum atomic E-state index is -1.46. The maximum Gasteiger partial charge on any atom is 0.263 e. The Morgan fingerprint density at radius 1 is 1.54 bits per heavy atom. The van der Waals surface area contributed by atoms with Crippen molar-refractivity contribution in [3.63, 3.8) is 0 Å². The van der Waals surface area contributed by atoms with Gasteiger partial charge in [0.15, 0.2) is 5.66 Å². The molecule has 0 aliphatic carbocycles. The number of rotatable bonds is 4. The van der Waals surface area contributed by atoms with E-state index >= 15 is 0 Å². The largest absolute Gasteiger partial charge is 0.366 e. The summed E-state index contributed by atoms with van der Waals surface area (Å²) in [6, 6.07) is 0. The topological polar surface area (TPSA) is 92.5 Å². The van der Waals surface area contributed by atoms with Crippen LogP contribution in [0, 0.1) is 0 Å². The van der Waals surface area contributed by atoms with Crippen LogP contribution in [0.5, 0.6) is 0 Å². The van der Waals surface area contributed by atoms with Crippen LogP contribution in [-0.2, 0) is 14.4 Å². The summed E-state index contributed by atoms with van der Waals surface area (Å²) < 4.78 is 0. The number of primary amides is 1. The van der Waals surface area contributed by atoms with Gasteiger partial charge in [-0.25, -0.2) is 0 Å². The van der Waals surface area contributed by atoms with Gasteiger partial charge in [0.05, 0.1) is 0 Å². The van der Waals surface area contributed by atoms with Gasteiger partial charge in [0, 0.05) is 14.0 Å². The first kappa shape index (κ1) is 11.4. The molecule has 74 valence electrons. The molecule has 0 aliphatic heterocycles. The van der Waals surface area contributed by atoms with Gasteiger partial charge in [-0.3, -0.25) is 14.4 Å². The molecular weight excluding hydrogens is 174 g/mol. The average molecular weight is 187 g/mol. The highest BCUT2D eigenvalue weighted by molar-refractivity contribution is 5.90. The lowest BCUT2D eigenvalue weighted by Gasteiger charge is -2.33. The van der Waals surface area contributed by atoms with Crippen LogP contribution in [0.4, 0.5) is 0 Å². The fourth-order valence-corrected chi connectivity index (χ4v) is 0.772. The Morgan fingerprint density at radius 3 is 2.23 bits per heavy atom. The van der Waals surface area contributed by atoms with E-state index in [1.165, 1.54) is 20.9 Å². The number of nitrogens with one attached hydrogen (secondary N) is 1. The minimum Gasteiger partial charge on any atom is -0.366 e. The van der Waals surface area contributed by atoms with Crippen molar-refractivity contribution < 1.29 is 14.4 Å². The van der Waals surface area contributed by atoms with E-state index < -0.39 is 17.5 Å². The molecule has 6 nitrogen and oxygen atoms in total. The molecule has 0 fully saturated rings. The fourth-order valence-electron chi connectivity index (χ4n) is 0.772. The first-order chi connectivity index (χ1) is 5.84. The van der Waals surface area contributed by atoms with Crippen LogP contribution in [0.15, 0.2) is 0 Å². The van der Waals surface area contributed by atoms with E-state index in [1.807, 2.05) is 0 Å². The third-order valence-electron chi connectivity index (χ3n) is 1.76. The van der Waals surface area contributed by atoms with Crippen molar-refractivity contribution in [1.82, 2.24) is 10.2 Å². The molecule has 6 heteroatoms. The van der Waals surface area contributed by atoms with E-state index in [2.05, 4.69) is 5.32 Å². The zero-order valence-electron chi connectivity index (χ0n) is 7.83.